The lowest BCUT2D eigenvalue weighted by atomic mass is 10.0. The zero-order valence-electron chi connectivity index (χ0n) is 10.7. The van der Waals surface area contributed by atoms with Crippen molar-refractivity contribution >= 4 is 59.4 Å². The molecule has 6 heteroatoms. The number of ether oxygens (including phenoxy) is 2. The minimum atomic E-state index is -0.0484. The van der Waals surface area contributed by atoms with Gasteiger partial charge in [-0.2, -0.15) is 0 Å². The Morgan fingerprint density at radius 3 is 2.33 bits per heavy atom. The van der Waals surface area contributed by atoms with Crippen molar-refractivity contribution in [2.24, 2.45) is 0 Å². The van der Waals surface area contributed by atoms with Gasteiger partial charge in [0.2, 0.25) is 0 Å². The topological polar surface area (TPSA) is 18.5 Å². The van der Waals surface area contributed by atoms with Crippen molar-refractivity contribution in [1.82, 2.24) is 0 Å². The van der Waals surface area contributed by atoms with E-state index in [1.807, 2.05) is 30.3 Å². The third-order valence-electron chi connectivity index (χ3n) is 3.19. The monoisotopic (exact) mass is 494 g/mol. The molecular formula is C15H10Br3ClO2. The highest BCUT2D eigenvalue weighted by atomic mass is 79.9. The average molecular weight is 497 g/mol. The number of fused-ring (bicyclic) bond motifs is 1. The molecule has 1 heterocycles. The molecule has 2 aromatic carbocycles. The standard InChI is InChI=1S/C15H10Br3ClO2/c16-10-3-1-2-8(15(10)19)14(18)9-6-12-13(7-11(9)17)21-5-4-20-12/h1-3,6-7,14H,4-5H2. The summed E-state index contributed by atoms with van der Waals surface area (Å²) in [6.45, 7) is 1.15. The van der Waals surface area contributed by atoms with Gasteiger partial charge >= 0.3 is 0 Å². The van der Waals surface area contributed by atoms with Gasteiger partial charge in [-0.05, 0) is 45.3 Å². The van der Waals surface area contributed by atoms with Crippen LogP contribution in [0.5, 0.6) is 11.5 Å². The lowest BCUT2D eigenvalue weighted by molar-refractivity contribution is 0.171. The first-order valence-electron chi connectivity index (χ1n) is 6.25. The summed E-state index contributed by atoms with van der Waals surface area (Å²) in [5.74, 6) is 1.52. The number of hydrogen-bond donors (Lipinski definition) is 0. The Balaban J connectivity index is 2.05. The van der Waals surface area contributed by atoms with Gasteiger partial charge in [0, 0.05) is 8.95 Å². The Morgan fingerprint density at radius 2 is 1.62 bits per heavy atom. The second-order valence-corrected chi connectivity index (χ2v) is 7.53. The lowest BCUT2D eigenvalue weighted by Gasteiger charge is -2.22. The van der Waals surface area contributed by atoms with Crippen molar-refractivity contribution < 1.29 is 9.47 Å². The lowest BCUT2D eigenvalue weighted by Crippen LogP contribution is -2.15. The Morgan fingerprint density at radius 1 is 0.952 bits per heavy atom. The van der Waals surface area contributed by atoms with Crippen LogP contribution in [0.1, 0.15) is 16.0 Å². The van der Waals surface area contributed by atoms with Gasteiger partial charge in [0.05, 0.1) is 9.85 Å². The van der Waals surface area contributed by atoms with Gasteiger partial charge in [-0.1, -0.05) is 55.6 Å². The summed E-state index contributed by atoms with van der Waals surface area (Å²) in [7, 11) is 0. The quantitative estimate of drug-likeness (QED) is 0.466. The smallest absolute Gasteiger partial charge is 0.162 e. The molecule has 3 rings (SSSR count). The van der Waals surface area contributed by atoms with Crippen LogP contribution < -0.4 is 9.47 Å². The van der Waals surface area contributed by atoms with E-state index in [0.29, 0.717) is 18.2 Å². The van der Waals surface area contributed by atoms with E-state index in [-0.39, 0.29) is 4.83 Å². The second-order valence-electron chi connectivity index (χ2n) is 4.52. The van der Waals surface area contributed by atoms with Crippen molar-refractivity contribution in [3.63, 3.8) is 0 Å². The summed E-state index contributed by atoms with van der Waals surface area (Å²) in [6.07, 6.45) is 0. The highest BCUT2D eigenvalue weighted by Gasteiger charge is 2.22. The fourth-order valence-corrected chi connectivity index (χ4v) is 4.52. The van der Waals surface area contributed by atoms with Gasteiger partial charge in [-0.25, -0.2) is 0 Å². The van der Waals surface area contributed by atoms with Gasteiger partial charge in [-0.15, -0.1) is 0 Å². The first-order valence-corrected chi connectivity index (χ1v) is 9.13. The minimum Gasteiger partial charge on any atom is -0.486 e. The van der Waals surface area contributed by atoms with Gasteiger partial charge in [0.25, 0.3) is 0 Å². The molecule has 21 heavy (non-hydrogen) atoms. The van der Waals surface area contributed by atoms with E-state index in [1.165, 1.54) is 0 Å². The van der Waals surface area contributed by atoms with Crippen molar-refractivity contribution in [2.75, 3.05) is 13.2 Å². The number of hydrogen-bond acceptors (Lipinski definition) is 2. The van der Waals surface area contributed by atoms with E-state index in [4.69, 9.17) is 21.1 Å². The molecule has 0 amide bonds. The Hall–Kier alpha value is -0.230. The first kappa shape index (κ1) is 15.7. The maximum Gasteiger partial charge on any atom is 0.162 e. The van der Waals surface area contributed by atoms with Crippen LogP contribution in [0.3, 0.4) is 0 Å². The Bertz CT molecular complexity index is 691. The van der Waals surface area contributed by atoms with Crippen LogP contribution >= 0.6 is 59.4 Å². The van der Waals surface area contributed by atoms with E-state index in [9.17, 15) is 0 Å². The predicted octanol–water partition coefficient (Wildman–Crippen LogP) is 6.12. The SMILES string of the molecule is Clc1c(Br)cccc1C(Br)c1cc2c(cc1Br)OCCO2. The molecule has 0 spiro atoms. The maximum atomic E-state index is 6.39. The van der Waals surface area contributed by atoms with Crippen LogP contribution in [0.15, 0.2) is 39.3 Å². The summed E-state index contributed by atoms with van der Waals surface area (Å²) >= 11 is 17.2. The normalized spacial score (nSPS) is 14.9. The highest BCUT2D eigenvalue weighted by Crippen LogP contribution is 2.44. The molecular weight excluding hydrogens is 487 g/mol. The van der Waals surface area contributed by atoms with Crippen molar-refractivity contribution in [3.8, 4) is 11.5 Å². The number of alkyl halides is 1. The fraction of sp³-hybridized carbons (Fsp3) is 0.200. The van der Waals surface area contributed by atoms with E-state index >= 15 is 0 Å². The Labute approximate surface area is 153 Å². The number of benzene rings is 2. The molecule has 0 bridgehead atoms. The molecule has 0 aromatic heterocycles. The van der Waals surface area contributed by atoms with E-state index in [2.05, 4.69) is 47.8 Å². The summed E-state index contributed by atoms with van der Waals surface area (Å²) in [4.78, 5) is -0.0484. The maximum absolute atomic E-state index is 6.39. The van der Waals surface area contributed by atoms with E-state index < -0.39 is 0 Å². The molecule has 1 aliphatic heterocycles. The largest absolute Gasteiger partial charge is 0.486 e. The predicted molar refractivity (Wildman–Crippen MR) is 95.1 cm³/mol. The van der Waals surface area contributed by atoms with Crippen molar-refractivity contribution in [3.05, 3.63) is 55.4 Å². The molecule has 1 unspecified atom stereocenters. The first-order chi connectivity index (χ1) is 10.1. The molecule has 0 fully saturated rings. The molecule has 0 aliphatic carbocycles. The summed E-state index contributed by atoms with van der Waals surface area (Å²) < 4.78 is 13.1. The molecule has 1 atom stereocenters. The van der Waals surface area contributed by atoms with E-state index in [0.717, 1.165) is 31.6 Å². The van der Waals surface area contributed by atoms with Gasteiger partial charge < -0.3 is 9.47 Å². The summed E-state index contributed by atoms with van der Waals surface area (Å²) in [6, 6.07) is 9.80. The number of rotatable bonds is 2. The molecule has 110 valence electrons. The zero-order chi connectivity index (χ0) is 15.0. The summed E-state index contributed by atoms with van der Waals surface area (Å²) in [5, 5.41) is 0.696. The van der Waals surface area contributed by atoms with E-state index in [1.54, 1.807) is 0 Å². The highest BCUT2D eigenvalue weighted by molar-refractivity contribution is 9.11. The minimum absolute atomic E-state index is 0.0484. The molecule has 0 saturated heterocycles. The third kappa shape index (κ3) is 3.11. The van der Waals surface area contributed by atoms with Crippen molar-refractivity contribution in [2.45, 2.75) is 4.83 Å². The third-order valence-corrected chi connectivity index (χ3v) is 6.17. The molecule has 1 aliphatic rings. The van der Waals surface area contributed by atoms with Gasteiger partial charge in [0.1, 0.15) is 13.2 Å². The number of halogens is 4. The fourth-order valence-electron chi connectivity index (χ4n) is 2.16. The van der Waals surface area contributed by atoms with Crippen LogP contribution in [-0.2, 0) is 0 Å². The van der Waals surface area contributed by atoms with Crippen LogP contribution in [0.4, 0.5) is 0 Å². The molecule has 2 nitrogen and oxygen atoms in total. The molecule has 0 N–H and O–H groups in total. The molecule has 2 aromatic rings. The average Bonchev–Trinajstić information content (AvgIpc) is 2.48. The molecule has 0 radical (unpaired) electrons. The van der Waals surface area contributed by atoms with Crippen molar-refractivity contribution in [1.29, 1.82) is 0 Å². The van der Waals surface area contributed by atoms with Gasteiger partial charge in [0.15, 0.2) is 11.5 Å². The van der Waals surface area contributed by atoms with Crippen LogP contribution in [0.2, 0.25) is 5.02 Å². The van der Waals surface area contributed by atoms with Crippen LogP contribution in [0.25, 0.3) is 0 Å². The zero-order valence-corrected chi connectivity index (χ0v) is 16.2. The second kappa shape index (κ2) is 6.49. The van der Waals surface area contributed by atoms with Gasteiger partial charge in [-0.3, -0.25) is 0 Å². The Kier molecular flexibility index (Phi) is 4.84. The summed E-state index contributed by atoms with van der Waals surface area (Å²) in [5.41, 5.74) is 2.03. The molecule has 0 saturated carbocycles. The van der Waals surface area contributed by atoms with Crippen LogP contribution in [-0.4, -0.2) is 13.2 Å². The van der Waals surface area contributed by atoms with Crippen LogP contribution in [0, 0.1) is 0 Å².